The van der Waals surface area contributed by atoms with Gasteiger partial charge < -0.3 is 15.2 Å². The standard InChI is InChI=1S/C19H21BrN4O5S/c1-11(18(25)26)24-10-13-3-2-12(8-16(13)30(24,27)28)17-15(20)9-21-19(23-17)22-14-4-6-29-7-5-14/h2-3,8-9,11,14H,4-7,10H2,1H3,(H,25,26)(H,21,22,23)/t11-/m1/s1/i10D2. The van der Waals surface area contributed by atoms with Crippen LogP contribution in [0.25, 0.3) is 11.3 Å². The molecule has 0 bridgehead atoms. The van der Waals surface area contributed by atoms with Crippen molar-refractivity contribution in [1.29, 1.82) is 0 Å². The molecule has 0 spiro atoms. The van der Waals surface area contributed by atoms with E-state index in [0.29, 0.717) is 39.2 Å². The van der Waals surface area contributed by atoms with Crippen LogP contribution in [0.2, 0.25) is 0 Å². The highest BCUT2D eigenvalue weighted by molar-refractivity contribution is 9.10. The number of nitrogens with zero attached hydrogens (tertiary/aromatic N) is 3. The minimum absolute atomic E-state index is 0.111. The van der Waals surface area contributed by atoms with E-state index in [4.69, 9.17) is 7.48 Å². The molecule has 9 nitrogen and oxygen atoms in total. The average Bonchev–Trinajstić information content (AvgIpc) is 2.90. The van der Waals surface area contributed by atoms with E-state index < -0.39 is 28.5 Å². The first-order chi connectivity index (χ1) is 15.0. The maximum atomic E-state index is 13.1. The molecule has 1 aromatic heterocycles. The second-order valence-corrected chi connectivity index (χ2v) is 9.70. The SMILES string of the molecule is [2H]C1([2H])c2ccc(-c3nc(NC4CCOCC4)ncc3Br)cc2S(=O)(=O)N1[C@H](C)C(=O)O. The Morgan fingerprint density at radius 1 is 1.43 bits per heavy atom. The van der Waals surface area contributed by atoms with Crippen LogP contribution in [-0.4, -0.2) is 59.1 Å². The van der Waals surface area contributed by atoms with Gasteiger partial charge in [-0.2, -0.15) is 4.31 Å². The van der Waals surface area contributed by atoms with Gasteiger partial charge in [0.15, 0.2) is 0 Å². The van der Waals surface area contributed by atoms with Crippen molar-refractivity contribution >= 4 is 37.9 Å². The first-order valence-electron chi connectivity index (χ1n) is 10.3. The topological polar surface area (TPSA) is 122 Å². The fourth-order valence-corrected chi connectivity index (χ4v) is 5.35. The van der Waals surface area contributed by atoms with E-state index in [-0.39, 0.29) is 16.5 Å². The van der Waals surface area contributed by atoms with Gasteiger partial charge in [0, 0.05) is 40.3 Å². The van der Waals surface area contributed by atoms with E-state index >= 15 is 0 Å². The minimum Gasteiger partial charge on any atom is -0.480 e. The zero-order valence-corrected chi connectivity index (χ0v) is 18.4. The minimum atomic E-state index is -4.39. The number of hydrogen-bond acceptors (Lipinski definition) is 7. The van der Waals surface area contributed by atoms with Crippen molar-refractivity contribution in [3.05, 3.63) is 34.4 Å². The number of aliphatic carboxylic acids is 1. The maximum absolute atomic E-state index is 13.1. The van der Waals surface area contributed by atoms with E-state index in [0.717, 1.165) is 19.8 Å². The molecule has 11 heteroatoms. The molecule has 1 fully saturated rings. The van der Waals surface area contributed by atoms with Crippen LogP contribution < -0.4 is 5.32 Å². The van der Waals surface area contributed by atoms with E-state index in [1.54, 1.807) is 12.3 Å². The van der Waals surface area contributed by atoms with Gasteiger partial charge in [-0.05, 0) is 47.3 Å². The summed E-state index contributed by atoms with van der Waals surface area (Å²) in [7, 11) is -4.39. The number of sulfonamides is 1. The van der Waals surface area contributed by atoms with E-state index in [2.05, 4.69) is 31.2 Å². The normalized spacial score (nSPS) is 22.6. The largest absolute Gasteiger partial charge is 0.480 e. The number of halogens is 1. The summed E-state index contributed by atoms with van der Waals surface area (Å²) in [5.41, 5.74) is 0.746. The van der Waals surface area contributed by atoms with E-state index in [9.17, 15) is 18.3 Å². The summed E-state index contributed by atoms with van der Waals surface area (Å²) in [6.07, 6.45) is 3.20. The van der Waals surface area contributed by atoms with Gasteiger partial charge in [0.25, 0.3) is 0 Å². The lowest BCUT2D eigenvalue weighted by Gasteiger charge is -2.23. The summed E-state index contributed by atoms with van der Waals surface area (Å²) in [5, 5.41) is 12.6. The van der Waals surface area contributed by atoms with Crippen LogP contribution in [0.4, 0.5) is 5.95 Å². The van der Waals surface area contributed by atoms with Crippen LogP contribution in [0, 0.1) is 0 Å². The smallest absolute Gasteiger partial charge is 0.321 e. The van der Waals surface area contributed by atoms with Crippen molar-refractivity contribution in [2.75, 3.05) is 18.5 Å². The molecule has 0 radical (unpaired) electrons. The molecule has 0 aliphatic carbocycles. The third-order valence-corrected chi connectivity index (χ3v) is 7.43. The number of anilines is 1. The second kappa shape index (κ2) is 8.22. The molecular formula is C19H21BrN4O5S. The Balaban J connectivity index is 1.74. The zero-order chi connectivity index (χ0) is 23.3. The molecule has 160 valence electrons. The number of nitrogens with one attached hydrogen (secondary N) is 1. The summed E-state index contributed by atoms with van der Waals surface area (Å²) in [4.78, 5) is 20.0. The van der Waals surface area contributed by atoms with Crippen LogP contribution in [0.1, 0.15) is 28.1 Å². The van der Waals surface area contributed by atoms with Crippen molar-refractivity contribution in [2.45, 2.75) is 43.2 Å². The highest BCUT2D eigenvalue weighted by Crippen LogP contribution is 2.36. The Kier molecular flexibility index (Phi) is 5.11. The molecular weight excluding hydrogens is 476 g/mol. The molecule has 2 aliphatic rings. The molecule has 1 saturated heterocycles. The van der Waals surface area contributed by atoms with Gasteiger partial charge >= 0.3 is 5.97 Å². The number of rotatable bonds is 5. The predicted molar refractivity (Wildman–Crippen MR) is 112 cm³/mol. The van der Waals surface area contributed by atoms with Crippen LogP contribution in [-0.2, 0) is 26.1 Å². The summed E-state index contributed by atoms with van der Waals surface area (Å²) < 4.78 is 49.1. The van der Waals surface area contributed by atoms with Crippen LogP contribution >= 0.6 is 15.9 Å². The van der Waals surface area contributed by atoms with Crippen molar-refractivity contribution < 1.29 is 25.8 Å². The van der Waals surface area contributed by atoms with Gasteiger partial charge in [0.05, 0.1) is 15.1 Å². The quantitative estimate of drug-likeness (QED) is 0.644. The Morgan fingerprint density at radius 2 is 2.17 bits per heavy atom. The number of aromatic nitrogens is 2. The molecule has 1 aromatic carbocycles. The molecule has 2 aromatic rings. The third kappa shape index (κ3) is 3.94. The molecule has 0 amide bonds. The lowest BCUT2D eigenvalue weighted by Crippen LogP contribution is -2.38. The van der Waals surface area contributed by atoms with Gasteiger partial charge in [0.2, 0.25) is 16.0 Å². The molecule has 4 rings (SSSR count). The van der Waals surface area contributed by atoms with Gasteiger partial charge in [-0.15, -0.1) is 0 Å². The van der Waals surface area contributed by atoms with Crippen LogP contribution in [0.5, 0.6) is 0 Å². The monoisotopic (exact) mass is 498 g/mol. The lowest BCUT2D eigenvalue weighted by molar-refractivity contribution is -0.140. The molecule has 0 saturated carbocycles. The van der Waals surface area contributed by atoms with Gasteiger partial charge in [0.1, 0.15) is 6.04 Å². The van der Waals surface area contributed by atoms with Crippen molar-refractivity contribution in [3.8, 4) is 11.3 Å². The first-order valence-corrected chi connectivity index (χ1v) is 11.6. The molecule has 1 atom stereocenters. The Bertz CT molecular complexity index is 1170. The summed E-state index contributed by atoms with van der Waals surface area (Å²) in [6, 6.07) is 2.83. The highest BCUT2D eigenvalue weighted by atomic mass is 79.9. The first kappa shape index (κ1) is 18.7. The number of hydrogen-bond donors (Lipinski definition) is 2. The Labute approximate surface area is 185 Å². The van der Waals surface area contributed by atoms with E-state index in [1.807, 2.05) is 0 Å². The van der Waals surface area contributed by atoms with Crippen molar-refractivity contribution in [1.82, 2.24) is 14.3 Å². The maximum Gasteiger partial charge on any atom is 0.321 e. The van der Waals surface area contributed by atoms with Gasteiger partial charge in [-0.25, -0.2) is 18.4 Å². The molecule has 0 unspecified atom stereocenters. The van der Waals surface area contributed by atoms with Crippen LogP contribution in [0.15, 0.2) is 33.8 Å². The van der Waals surface area contributed by atoms with E-state index in [1.165, 1.54) is 12.1 Å². The fourth-order valence-electron chi connectivity index (χ4n) is 3.33. The van der Waals surface area contributed by atoms with Crippen molar-refractivity contribution in [2.24, 2.45) is 0 Å². The second-order valence-electron chi connectivity index (χ2n) is 7.06. The fraction of sp³-hybridized carbons (Fsp3) is 0.421. The molecule has 2 aliphatic heterocycles. The van der Waals surface area contributed by atoms with Gasteiger partial charge in [-0.1, -0.05) is 12.1 Å². The zero-order valence-electron chi connectivity index (χ0n) is 18.0. The predicted octanol–water partition coefficient (Wildman–Crippen LogP) is 2.47. The molecule has 2 N–H and O–H groups in total. The Morgan fingerprint density at radius 3 is 2.87 bits per heavy atom. The third-order valence-electron chi connectivity index (χ3n) is 5.03. The summed E-state index contributed by atoms with van der Waals surface area (Å²) in [5.74, 6) is -1.05. The van der Waals surface area contributed by atoms with Gasteiger partial charge in [-0.3, -0.25) is 4.79 Å². The number of carboxylic acids is 1. The summed E-state index contributed by atoms with van der Waals surface area (Å²) >= 11 is 3.39. The lowest BCUT2D eigenvalue weighted by atomic mass is 10.1. The molecule has 3 heterocycles. The van der Waals surface area contributed by atoms with Crippen molar-refractivity contribution in [3.63, 3.8) is 0 Å². The molecule has 30 heavy (non-hydrogen) atoms. The number of carboxylic acid groups (broad SMARTS) is 1. The Hall–Kier alpha value is -2.08. The number of fused-ring (bicyclic) bond motifs is 1. The number of ether oxygens (including phenoxy) is 1. The number of carbonyl (C=O) groups is 1. The average molecular weight is 499 g/mol. The number of benzene rings is 1. The highest BCUT2D eigenvalue weighted by Gasteiger charge is 2.40. The summed E-state index contributed by atoms with van der Waals surface area (Å²) in [6.45, 7) is -0.0586. The van der Waals surface area contributed by atoms with Crippen LogP contribution in [0.3, 0.4) is 0 Å².